The first-order chi connectivity index (χ1) is 6.72. The third kappa shape index (κ3) is 1.53. The number of hydrogen-bond donors (Lipinski definition) is 2. The van der Waals surface area contributed by atoms with E-state index in [2.05, 4.69) is 0 Å². The molecule has 0 spiro atoms. The molecule has 0 saturated carbocycles. The third-order valence-electron chi connectivity index (χ3n) is 2.79. The second kappa shape index (κ2) is 3.67. The van der Waals surface area contributed by atoms with Crippen molar-refractivity contribution in [1.82, 2.24) is 0 Å². The number of aliphatic hydroxyl groups excluding tert-OH is 1. The summed E-state index contributed by atoms with van der Waals surface area (Å²) in [6.45, 7) is -0.112. The van der Waals surface area contributed by atoms with Gasteiger partial charge in [0.2, 0.25) is 0 Å². The van der Waals surface area contributed by atoms with Crippen LogP contribution < -0.4 is 5.73 Å². The second-order valence-corrected chi connectivity index (χ2v) is 3.81. The van der Waals surface area contributed by atoms with Gasteiger partial charge in [-0.2, -0.15) is 0 Å². The van der Waals surface area contributed by atoms with Crippen molar-refractivity contribution in [2.24, 2.45) is 5.73 Å². The van der Waals surface area contributed by atoms with Gasteiger partial charge in [0.15, 0.2) is 0 Å². The fourth-order valence-electron chi connectivity index (χ4n) is 2.11. The predicted molar refractivity (Wildman–Crippen MR) is 52.2 cm³/mol. The van der Waals surface area contributed by atoms with Gasteiger partial charge in [0.1, 0.15) is 5.82 Å². The molecule has 1 aliphatic carbocycles. The minimum atomic E-state index is -0.265. The molecule has 0 unspecified atom stereocenters. The summed E-state index contributed by atoms with van der Waals surface area (Å²) in [6.07, 6.45) is 2.72. The van der Waals surface area contributed by atoms with Crippen LogP contribution in [0.3, 0.4) is 0 Å². The van der Waals surface area contributed by atoms with Crippen molar-refractivity contribution in [2.75, 3.05) is 0 Å². The number of nitrogens with two attached hydrogens (primary N) is 1. The van der Waals surface area contributed by atoms with Crippen molar-refractivity contribution in [3.8, 4) is 0 Å². The highest BCUT2D eigenvalue weighted by Gasteiger charge is 2.21. The van der Waals surface area contributed by atoms with E-state index < -0.39 is 0 Å². The zero-order chi connectivity index (χ0) is 10.1. The normalized spacial score (nSPS) is 20.6. The molecule has 0 radical (unpaired) electrons. The highest BCUT2D eigenvalue weighted by atomic mass is 19.1. The van der Waals surface area contributed by atoms with Crippen LogP contribution in [0.5, 0.6) is 0 Å². The van der Waals surface area contributed by atoms with E-state index in [1.165, 1.54) is 6.07 Å². The van der Waals surface area contributed by atoms with Gasteiger partial charge in [-0.15, -0.1) is 0 Å². The third-order valence-corrected chi connectivity index (χ3v) is 2.79. The number of benzene rings is 1. The van der Waals surface area contributed by atoms with Crippen molar-refractivity contribution in [3.63, 3.8) is 0 Å². The largest absolute Gasteiger partial charge is 0.392 e. The molecule has 3 N–H and O–H groups in total. The van der Waals surface area contributed by atoms with Crippen molar-refractivity contribution in [1.29, 1.82) is 0 Å². The topological polar surface area (TPSA) is 46.2 Å². The average Bonchev–Trinajstić information content (AvgIpc) is 2.17. The van der Waals surface area contributed by atoms with E-state index in [1.54, 1.807) is 0 Å². The van der Waals surface area contributed by atoms with Crippen LogP contribution in [0.1, 0.15) is 35.6 Å². The molecule has 0 amide bonds. The van der Waals surface area contributed by atoms with Crippen LogP contribution in [-0.2, 0) is 13.0 Å². The molecule has 1 atom stereocenters. The van der Waals surface area contributed by atoms with Crippen LogP contribution >= 0.6 is 0 Å². The lowest BCUT2D eigenvalue weighted by atomic mass is 9.87. The fraction of sp³-hybridized carbons (Fsp3) is 0.455. The molecule has 2 rings (SSSR count). The van der Waals surface area contributed by atoms with Gasteiger partial charge in [0.25, 0.3) is 0 Å². The van der Waals surface area contributed by atoms with E-state index in [0.717, 1.165) is 24.8 Å². The molecule has 0 saturated heterocycles. The Hall–Kier alpha value is -0.930. The number of hydrogen-bond acceptors (Lipinski definition) is 2. The molecule has 0 fully saturated rings. The van der Waals surface area contributed by atoms with Crippen LogP contribution in [0, 0.1) is 5.82 Å². The average molecular weight is 195 g/mol. The van der Waals surface area contributed by atoms with Crippen LogP contribution in [0.25, 0.3) is 0 Å². The summed E-state index contributed by atoms with van der Waals surface area (Å²) in [5, 5.41) is 8.93. The van der Waals surface area contributed by atoms with E-state index in [0.29, 0.717) is 11.1 Å². The number of aryl methyl sites for hydroxylation is 1. The summed E-state index contributed by atoms with van der Waals surface area (Å²) in [5.41, 5.74) is 8.08. The molecule has 0 heterocycles. The maximum atomic E-state index is 13.6. The molecule has 1 aromatic rings. The Morgan fingerprint density at radius 3 is 3.00 bits per heavy atom. The molecule has 1 aromatic carbocycles. The van der Waals surface area contributed by atoms with Gasteiger partial charge < -0.3 is 10.8 Å². The van der Waals surface area contributed by atoms with Gasteiger partial charge in [-0.25, -0.2) is 4.39 Å². The molecular formula is C11H14FNO. The Morgan fingerprint density at radius 2 is 2.29 bits per heavy atom. The van der Waals surface area contributed by atoms with Gasteiger partial charge in [0.05, 0.1) is 6.61 Å². The SMILES string of the molecule is N[C@H]1CCCc2cc(CO)cc(F)c21. The highest BCUT2D eigenvalue weighted by Crippen LogP contribution is 2.30. The highest BCUT2D eigenvalue weighted by molar-refractivity contribution is 5.37. The maximum Gasteiger partial charge on any atom is 0.128 e. The summed E-state index contributed by atoms with van der Waals surface area (Å²) in [4.78, 5) is 0. The first-order valence-corrected chi connectivity index (χ1v) is 4.90. The molecule has 0 aromatic heterocycles. The van der Waals surface area contributed by atoms with Crippen LogP contribution in [0.15, 0.2) is 12.1 Å². The minimum Gasteiger partial charge on any atom is -0.392 e. The summed E-state index contributed by atoms with van der Waals surface area (Å²) in [6, 6.07) is 3.06. The Balaban J connectivity index is 2.51. The fourth-order valence-corrected chi connectivity index (χ4v) is 2.11. The Morgan fingerprint density at radius 1 is 1.50 bits per heavy atom. The van der Waals surface area contributed by atoms with E-state index in [9.17, 15) is 4.39 Å². The van der Waals surface area contributed by atoms with Crippen LogP contribution in [-0.4, -0.2) is 5.11 Å². The number of rotatable bonds is 1. The minimum absolute atomic E-state index is 0.112. The van der Waals surface area contributed by atoms with Crippen molar-refractivity contribution < 1.29 is 9.50 Å². The Bertz CT molecular complexity index is 351. The summed E-state index contributed by atoms with van der Waals surface area (Å²) in [5.74, 6) is -0.265. The van der Waals surface area contributed by atoms with E-state index in [1.807, 2.05) is 6.07 Å². The molecule has 2 nitrogen and oxygen atoms in total. The smallest absolute Gasteiger partial charge is 0.128 e. The molecule has 76 valence electrons. The molecule has 3 heteroatoms. The molecule has 0 aliphatic heterocycles. The van der Waals surface area contributed by atoms with E-state index >= 15 is 0 Å². The summed E-state index contributed by atoms with van der Waals surface area (Å²) >= 11 is 0. The predicted octanol–water partition coefficient (Wildman–Crippen LogP) is 1.65. The molecule has 0 bridgehead atoms. The van der Waals surface area contributed by atoms with Gasteiger partial charge >= 0.3 is 0 Å². The first-order valence-electron chi connectivity index (χ1n) is 4.90. The molecule has 1 aliphatic rings. The van der Waals surface area contributed by atoms with Crippen molar-refractivity contribution in [3.05, 3.63) is 34.6 Å². The van der Waals surface area contributed by atoms with Gasteiger partial charge in [-0.1, -0.05) is 6.07 Å². The zero-order valence-electron chi connectivity index (χ0n) is 7.96. The van der Waals surface area contributed by atoms with Crippen molar-refractivity contribution in [2.45, 2.75) is 31.9 Å². The Labute approximate surface area is 82.5 Å². The lowest BCUT2D eigenvalue weighted by Crippen LogP contribution is -2.19. The number of aliphatic hydroxyl groups is 1. The van der Waals surface area contributed by atoms with E-state index in [4.69, 9.17) is 10.8 Å². The lowest BCUT2D eigenvalue weighted by Gasteiger charge is -2.23. The lowest BCUT2D eigenvalue weighted by molar-refractivity contribution is 0.281. The molecule has 14 heavy (non-hydrogen) atoms. The molecular weight excluding hydrogens is 181 g/mol. The van der Waals surface area contributed by atoms with Crippen molar-refractivity contribution >= 4 is 0 Å². The van der Waals surface area contributed by atoms with Gasteiger partial charge in [-0.05, 0) is 36.5 Å². The monoisotopic (exact) mass is 195 g/mol. The van der Waals surface area contributed by atoms with Crippen LogP contribution in [0.4, 0.5) is 4.39 Å². The number of halogens is 1. The van der Waals surface area contributed by atoms with Crippen LogP contribution in [0.2, 0.25) is 0 Å². The zero-order valence-corrected chi connectivity index (χ0v) is 7.96. The van der Waals surface area contributed by atoms with Gasteiger partial charge in [-0.3, -0.25) is 0 Å². The maximum absolute atomic E-state index is 13.6. The van der Waals surface area contributed by atoms with Gasteiger partial charge in [0, 0.05) is 11.6 Å². The summed E-state index contributed by atoms with van der Waals surface area (Å²) in [7, 11) is 0. The second-order valence-electron chi connectivity index (χ2n) is 3.81. The quantitative estimate of drug-likeness (QED) is 0.715. The standard InChI is InChI=1S/C11H14FNO/c12-9-5-7(6-14)4-8-2-1-3-10(13)11(8)9/h4-5,10,14H,1-3,6,13H2/t10-/m0/s1. The van der Waals surface area contributed by atoms with E-state index in [-0.39, 0.29) is 18.5 Å². The first kappa shape index (κ1) is 9.62. The number of fused-ring (bicyclic) bond motifs is 1. The Kier molecular flexibility index (Phi) is 2.52. The summed E-state index contributed by atoms with van der Waals surface area (Å²) < 4.78 is 13.6.